The van der Waals surface area contributed by atoms with E-state index in [4.69, 9.17) is 9.97 Å². The molecule has 0 amide bonds. The predicted octanol–water partition coefficient (Wildman–Crippen LogP) is 11.5. The van der Waals surface area contributed by atoms with E-state index in [-0.39, 0.29) is 0 Å². The van der Waals surface area contributed by atoms with Gasteiger partial charge in [0.05, 0.1) is 16.8 Å². The number of nitrogens with zero attached hydrogens (tertiary/aromatic N) is 2. The minimum absolute atomic E-state index is 0.496. The molecule has 1 aromatic heterocycles. The van der Waals surface area contributed by atoms with Gasteiger partial charge in [-0.05, 0) is 50.6 Å². The van der Waals surface area contributed by atoms with Crippen LogP contribution in [0.5, 0.6) is 0 Å². The average molecular weight is 625 g/mol. The molecule has 0 saturated heterocycles. The lowest BCUT2D eigenvalue weighted by Gasteiger charge is -2.33. The van der Waals surface area contributed by atoms with E-state index in [2.05, 4.69) is 188 Å². The molecule has 49 heavy (non-hydrogen) atoms. The molecule has 2 heteroatoms. The Bertz CT molecular complexity index is 2380. The zero-order valence-corrected chi connectivity index (χ0v) is 26.9. The molecule has 7 aromatic carbocycles. The molecular formula is C47H32N2. The predicted molar refractivity (Wildman–Crippen MR) is 201 cm³/mol. The van der Waals surface area contributed by atoms with E-state index in [1.165, 1.54) is 33.4 Å². The van der Waals surface area contributed by atoms with Crippen LogP contribution in [0, 0.1) is 0 Å². The van der Waals surface area contributed by atoms with Gasteiger partial charge in [0.25, 0.3) is 0 Å². The van der Waals surface area contributed by atoms with E-state index in [0.29, 0.717) is 5.82 Å². The summed E-state index contributed by atoms with van der Waals surface area (Å²) >= 11 is 0. The molecule has 8 aromatic rings. The van der Waals surface area contributed by atoms with E-state index < -0.39 is 5.41 Å². The second kappa shape index (κ2) is 12.0. The van der Waals surface area contributed by atoms with Crippen LogP contribution in [-0.2, 0) is 5.41 Å². The summed E-state index contributed by atoms with van der Waals surface area (Å²) in [5, 5.41) is 0. The van der Waals surface area contributed by atoms with Crippen molar-refractivity contribution in [1.82, 2.24) is 9.97 Å². The Balaban J connectivity index is 1.35. The topological polar surface area (TPSA) is 25.8 Å². The van der Waals surface area contributed by atoms with Crippen molar-refractivity contribution in [2.75, 3.05) is 0 Å². The number of aromatic nitrogens is 2. The molecule has 0 bridgehead atoms. The number of benzene rings is 7. The Labute approximate surface area is 287 Å². The summed E-state index contributed by atoms with van der Waals surface area (Å²) in [7, 11) is 0. The Hall–Kier alpha value is -6.38. The van der Waals surface area contributed by atoms with E-state index in [1.54, 1.807) is 0 Å². The second-order valence-electron chi connectivity index (χ2n) is 12.5. The molecule has 230 valence electrons. The third-order valence-corrected chi connectivity index (χ3v) is 9.81. The summed E-state index contributed by atoms with van der Waals surface area (Å²) in [6, 6.07) is 69.0. The normalized spacial score (nSPS) is 12.7. The molecule has 0 aliphatic heterocycles. The first-order valence-electron chi connectivity index (χ1n) is 16.8. The molecule has 0 N–H and O–H groups in total. The third kappa shape index (κ3) is 4.72. The van der Waals surface area contributed by atoms with Gasteiger partial charge in [-0.25, -0.2) is 9.97 Å². The minimum atomic E-state index is -0.496. The fourth-order valence-electron chi connectivity index (χ4n) is 7.72. The van der Waals surface area contributed by atoms with Crippen molar-refractivity contribution in [2.45, 2.75) is 5.41 Å². The molecular weight excluding hydrogens is 593 g/mol. The van der Waals surface area contributed by atoms with E-state index >= 15 is 0 Å². The van der Waals surface area contributed by atoms with Gasteiger partial charge in [-0.3, -0.25) is 0 Å². The fraction of sp³-hybridized carbons (Fsp3) is 0.0213. The number of fused-ring (bicyclic) bond motifs is 3. The molecule has 1 aliphatic rings. The zero-order valence-electron chi connectivity index (χ0n) is 26.9. The van der Waals surface area contributed by atoms with Crippen LogP contribution < -0.4 is 0 Å². The van der Waals surface area contributed by atoms with Crippen molar-refractivity contribution in [2.24, 2.45) is 0 Å². The van der Waals surface area contributed by atoms with E-state index in [9.17, 15) is 0 Å². The van der Waals surface area contributed by atoms with E-state index in [1.807, 2.05) is 6.07 Å². The summed E-state index contributed by atoms with van der Waals surface area (Å²) in [6.07, 6.45) is 0. The number of hydrogen-bond acceptors (Lipinski definition) is 2. The van der Waals surface area contributed by atoms with Crippen LogP contribution in [0.25, 0.3) is 56.2 Å². The Morgan fingerprint density at radius 1 is 0.327 bits per heavy atom. The molecule has 0 radical (unpaired) electrons. The summed E-state index contributed by atoms with van der Waals surface area (Å²) in [5.74, 6) is 0.711. The standard InChI is InChI=1S/C47H32N2/c1-5-18-33(19-6-1)37-26-13-14-27-38(37)44-32-43(34-20-7-2-8-21-34)48-46(49-44)40-29-17-31-42-45(40)39-28-15-16-30-41(39)47(42,35-22-9-3-10-23-35)36-24-11-4-12-25-36/h1-32H. The quantitative estimate of drug-likeness (QED) is 0.184. The summed E-state index contributed by atoms with van der Waals surface area (Å²) in [5.41, 5.74) is 14.1. The molecule has 0 spiro atoms. The smallest absolute Gasteiger partial charge is 0.161 e. The fourth-order valence-corrected chi connectivity index (χ4v) is 7.72. The van der Waals surface area contributed by atoms with Crippen molar-refractivity contribution in [3.63, 3.8) is 0 Å². The van der Waals surface area contributed by atoms with Crippen LogP contribution in [0.4, 0.5) is 0 Å². The van der Waals surface area contributed by atoms with Crippen LogP contribution in [-0.4, -0.2) is 9.97 Å². The van der Waals surface area contributed by atoms with Gasteiger partial charge in [0, 0.05) is 16.7 Å². The molecule has 2 nitrogen and oxygen atoms in total. The van der Waals surface area contributed by atoms with Crippen molar-refractivity contribution < 1.29 is 0 Å². The summed E-state index contributed by atoms with van der Waals surface area (Å²) in [6.45, 7) is 0. The molecule has 0 unspecified atom stereocenters. The maximum Gasteiger partial charge on any atom is 0.161 e. The van der Waals surface area contributed by atoms with Crippen molar-refractivity contribution in [3.8, 4) is 56.2 Å². The Morgan fingerprint density at radius 2 is 0.796 bits per heavy atom. The van der Waals surface area contributed by atoms with Gasteiger partial charge in [0.15, 0.2) is 5.82 Å². The first kappa shape index (κ1) is 28.8. The summed E-state index contributed by atoms with van der Waals surface area (Å²) < 4.78 is 0. The van der Waals surface area contributed by atoms with Crippen LogP contribution in [0.3, 0.4) is 0 Å². The van der Waals surface area contributed by atoms with Gasteiger partial charge in [-0.15, -0.1) is 0 Å². The Kier molecular flexibility index (Phi) is 7.06. The van der Waals surface area contributed by atoms with Crippen LogP contribution in [0.15, 0.2) is 194 Å². The molecule has 1 heterocycles. The van der Waals surface area contributed by atoms with Crippen LogP contribution in [0.2, 0.25) is 0 Å². The zero-order chi connectivity index (χ0) is 32.6. The SMILES string of the molecule is c1ccc(-c2cc(-c3ccccc3-c3ccccc3)nc(-c3cccc4c3-c3ccccc3C4(c3ccccc3)c3ccccc3)n2)cc1. The van der Waals surface area contributed by atoms with Gasteiger partial charge >= 0.3 is 0 Å². The number of hydrogen-bond donors (Lipinski definition) is 0. The highest BCUT2D eigenvalue weighted by atomic mass is 14.9. The van der Waals surface area contributed by atoms with Gasteiger partial charge < -0.3 is 0 Å². The number of rotatable bonds is 6. The lowest BCUT2D eigenvalue weighted by molar-refractivity contribution is 0.768. The van der Waals surface area contributed by atoms with E-state index in [0.717, 1.165) is 39.2 Å². The molecule has 0 atom stereocenters. The largest absolute Gasteiger partial charge is 0.228 e. The van der Waals surface area contributed by atoms with Gasteiger partial charge in [0.1, 0.15) is 0 Å². The average Bonchev–Trinajstić information content (AvgIpc) is 3.50. The van der Waals surface area contributed by atoms with Crippen molar-refractivity contribution in [3.05, 3.63) is 216 Å². The first-order chi connectivity index (χ1) is 24.3. The highest BCUT2D eigenvalue weighted by Crippen LogP contribution is 2.58. The maximum atomic E-state index is 5.42. The van der Waals surface area contributed by atoms with Gasteiger partial charge in [-0.2, -0.15) is 0 Å². The second-order valence-corrected chi connectivity index (χ2v) is 12.5. The van der Waals surface area contributed by atoms with Crippen molar-refractivity contribution in [1.29, 1.82) is 0 Å². The molecule has 0 saturated carbocycles. The van der Waals surface area contributed by atoms with Crippen LogP contribution in [0.1, 0.15) is 22.3 Å². The first-order valence-corrected chi connectivity index (χ1v) is 16.8. The molecule has 1 aliphatic carbocycles. The molecule has 9 rings (SSSR count). The third-order valence-electron chi connectivity index (χ3n) is 9.81. The monoisotopic (exact) mass is 624 g/mol. The Morgan fingerprint density at radius 3 is 1.45 bits per heavy atom. The van der Waals surface area contributed by atoms with Gasteiger partial charge in [0.2, 0.25) is 0 Å². The van der Waals surface area contributed by atoms with Crippen LogP contribution >= 0.6 is 0 Å². The summed E-state index contributed by atoms with van der Waals surface area (Å²) in [4.78, 5) is 10.8. The lowest BCUT2D eigenvalue weighted by atomic mass is 9.67. The van der Waals surface area contributed by atoms with Crippen molar-refractivity contribution >= 4 is 0 Å². The van der Waals surface area contributed by atoms with Gasteiger partial charge in [-0.1, -0.05) is 188 Å². The lowest BCUT2D eigenvalue weighted by Crippen LogP contribution is -2.28. The highest BCUT2D eigenvalue weighted by Gasteiger charge is 2.46. The maximum absolute atomic E-state index is 5.42. The minimum Gasteiger partial charge on any atom is -0.228 e. The molecule has 0 fully saturated rings. The highest BCUT2D eigenvalue weighted by molar-refractivity contribution is 5.95.